The lowest BCUT2D eigenvalue weighted by molar-refractivity contribution is -0.132. The van der Waals surface area contributed by atoms with Crippen LogP contribution in [0.3, 0.4) is 0 Å². The van der Waals surface area contributed by atoms with E-state index in [1.54, 1.807) is 7.11 Å². The Labute approximate surface area is 286 Å². The van der Waals surface area contributed by atoms with Gasteiger partial charge in [0.2, 0.25) is 5.91 Å². The number of ether oxygens (including phenoxy) is 1. The van der Waals surface area contributed by atoms with Gasteiger partial charge in [0.15, 0.2) is 5.82 Å². The van der Waals surface area contributed by atoms with Gasteiger partial charge in [-0.05, 0) is 87.9 Å². The zero-order valence-electron chi connectivity index (χ0n) is 28.0. The molecule has 1 fully saturated rings. The van der Waals surface area contributed by atoms with E-state index in [2.05, 4.69) is 22.3 Å². The Kier molecular flexibility index (Phi) is 9.29. The second kappa shape index (κ2) is 13.4. The van der Waals surface area contributed by atoms with Gasteiger partial charge in [0.05, 0.1) is 24.9 Å². The van der Waals surface area contributed by atoms with Crippen molar-refractivity contribution in [3.05, 3.63) is 106 Å². The highest BCUT2D eigenvalue weighted by atomic mass is 35.5. The summed E-state index contributed by atoms with van der Waals surface area (Å²) < 4.78 is 7.57. The molecule has 10 nitrogen and oxygen atoms in total. The monoisotopic (exact) mass is 668 g/mol. The van der Waals surface area contributed by atoms with E-state index in [9.17, 15) is 14.7 Å². The summed E-state index contributed by atoms with van der Waals surface area (Å²) in [6.45, 7) is 9.18. The number of nitrogens with zero attached hydrogens (tertiary/aromatic N) is 6. The number of hydrogen-bond acceptors (Lipinski definition) is 6. The van der Waals surface area contributed by atoms with Crippen LogP contribution in [0.4, 0.5) is 4.79 Å². The van der Waals surface area contributed by atoms with Gasteiger partial charge in [-0.25, -0.2) is 4.79 Å². The van der Waals surface area contributed by atoms with Crippen LogP contribution >= 0.6 is 11.6 Å². The summed E-state index contributed by atoms with van der Waals surface area (Å²) in [6.07, 6.45) is 0.858. The average Bonchev–Trinajstić information content (AvgIpc) is 3.39. The first-order chi connectivity index (χ1) is 22.9. The Balaban J connectivity index is 1.22. The molecule has 0 unspecified atom stereocenters. The first-order valence-corrected chi connectivity index (χ1v) is 16.6. The van der Waals surface area contributed by atoms with Crippen LogP contribution in [-0.2, 0) is 11.3 Å². The van der Waals surface area contributed by atoms with Crippen molar-refractivity contribution in [2.24, 2.45) is 4.99 Å². The Morgan fingerprint density at radius 1 is 1.02 bits per heavy atom. The molecular weight excluding hydrogens is 628 g/mol. The van der Waals surface area contributed by atoms with Crippen LogP contribution < -0.4 is 4.74 Å². The molecule has 0 bridgehead atoms. The minimum Gasteiger partial charge on any atom is -0.497 e. The molecule has 0 radical (unpaired) electrons. The van der Waals surface area contributed by atoms with Gasteiger partial charge in [0, 0.05) is 41.3 Å². The summed E-state index contributed by atoms with van der Waals surface area (Å²) in [6, 6.07) is 21.0. The third kappa shape index (κ3) is 6.80. The van der Waals surface area contributed by atoms with Crippen LogP contribution in [0.2, 0.25) is 5.02 Å². The topological polar surface area (TPSA) is 113 Å². The molecule has 11 heteroatoms. The van der Waals surface area contributed by atoms with Crippen molar-refractivity contribution in [3.63, 3.8) is 0 Å². The summed E-state index contributed by atoms with van der Waals surface area (Å²) in [5.41, 5.74) is 4.96. The van der Waals surface area contributed by atoms with Crippen molar-refractivity contribution in [2.45, 2.75) is 71.0 Å². The van der Waals surface area contributed by atoms with Crippen LogP contribution in [0.15, 0.2) is 71.7 Å². The van der Waals surface area contributed by atoms with E-state index in [0.29, 0.717) is 42.1 Å². The smallest absolute Gasteiger partial charge is 0.408 e. The molecule has 2 amide bonds. The van der Waals surface area contributed by atoms with Crippen molar-refractivity contribution in [1.82, 2.24) is 24.6 Å². The van der Waals surface area contributed by atoms with E-state index < -0.39 is 17.7 Å². The first-order valence-electron chi connectivity index (χ1n) is 16.2. The Bertz CT molecular complexity index is 1850. The van der Waals surface area contributed by atoms with E-state index in [1.807, 2.05) is 91.8 Å². The lowest BCUT2D eigenvalue weighted by Crippen LogP contribution is -2.44. The molecule has 0 saturated carbocycles. The van der Waals surface area contributed by atoms with Crippen molar-refractivity contribution < 1.29 is 19.4 Å². The summed E-state index contributed by atoms with van der Waals surface area (Å²) >= 11 is 6.24. The van der Waals surface area contributed by atoms with Gasteiger partial charge in [-0.3, -0.25) is 19.3 Å². The number of likely N-dealkylation sites (tertiary alicyclic amines) is 1. The largest absolute Gasteiger partial charge is 0.497 e. The number of aromatic nitrogens is 3. The third-order valence-corrected chi connectivity index (χ3v) is 9.52. The molecule has 1 saturated heterocycles. The number of aryl methyl sites for hydroxylation is 1. The van der Waals surface area contributed by atoms with Gasteiger partial charge in [-0.1, -0.05) is 48.0 Å². The number of piperidine rings is 1. The minimum absolute atomic E-state index is 0.0180. The Morgan fingerprint density at radius 2 is 1.75 bits per heavy atom. The zero-order valence-corrected chi connectivity index (χ0v) is 28.7. The minimum atomic E-state index is -0.935. The predicted molar refractivity (Wildman–Crippen MR) is 185 cm³/mol. The first kappa shape index (κ1) is 33.2. The number of hydrogen-bond donors (Lipinski definition) is 1. The zero-order chi connectivity index (χ0) is 34.2. The number of methoxy groups -OCH3 is 1. The third-order valence-electron chi connectivity index (χ3n) is 9.27. The molecule has 3 heterocycles. The number of fused-ring (bicyclic) bond motifs is 3. The molecule has 4 aromatic rings. The number of carbonyl (C=O) groups is 2. The molecule has 48 heavy (non-hydrogen) atoms. The molecule has 3 aromatic carbocycles. The highest BCUT2D eigenvalue weighted by molar-refractivity contribution is 6.30. The number of benzene rings is 3. The molecule has 1 atom stereocenters. The molecule has 2 aliphatic rings. The molecule has 6 rings (SSSR count). The van der Waals surface area contributed by atoms with Crippen LogP contribution in [0.5, 0.6) is 5.75 Å². The predicted octanol–water partition coefficient (Wildman–Crippen LogP) is 7.20. The van der Waals surface area contributed by atoms with Crippen LogP contribution in [-0.4, -0.2) is 73.1 Å². The average molecular weight is 669 g/mol. The van der Waals surface area contributed by atoms with Gasteiger partial charge in [0.1, 0.15) is 17.6 Å². The van der Waals surface area contributed by atoms with Gasteiger partial charge in [0.25, 0.3) is 0 Å². The lowest BCUT2D eigenvalue weighted by Gasteiger charge is -2.34. The van der Waals surface area contributed by atoms with E-state index in [1.165, 1.54) is 10.5 Å². The summed E-state index contributed by atoms with van der Waals surface area (Å²) in [5, 5.41) is 19.3. The van der Waals surface area contributed by atoms with Crippen molar-refractivity contribution in [2.75, 3.05) is 20.2 Å². The van der Waals surface area contributed by atoms with Gasteiger partial charge in [-0.15, -0.1) is 10.2 Å². The molecule has 2 aliphatic heterocycles. The van der Waals surface area contributed by atoms with Crippen LogP contribution in [0.1, 0.15) is 85.9 Å². The summed E-state index contributed by atoms with van der Waals surface area (Å²) in [5.74, 6) is 2.32. The van der Waals surface area contributed by atoms with Crippen molar-refractivity contribution in [1.29, 1.82) is 0 Å². The number of rotatable bonds is 7. The SMILES string of the molecule is COc1ccc2c(c1)C(c1ccc(Cl)cc1)=N[C@@H](CC(=O)N1CCC(c3cccc(CN(C(=O)O)C(C)(C)C)c3)CC1)c1nnc(C)n1-2. The highest BCUT2D eigenvalue weighted by Gasteiger charge is 2.33. The number of carbonyl (C=O) groups excluding carboxylic acids is 1. The number of halogens is 1. The van der Waals surface area contributed by atoms with Crippen LogP contribution in [0, 0.1) is 6.92 Å². The maximum Gasteiger partial charge on any atom is 0.408 e. The fourth-order valence-corrected chi connectivity index (χ4v) is 6.78. The molecule has 250 valence electrons. The van der Waals surface area contributed by atoms with E-state index in [4.69, 9.17) is 21.3 Å². The molecular formula is C37H41ClN6O4. The number of amides is 2. The number of carboxylic acid groups (broad SMARTS) is 1. The standard InChI is InChI=1S/C37H41ClN6O4/c1-23-40-41-35-31(39-34(26-9-11-28(38)12-10-26)30-20-29(48-5)13-14-32(30)44(23)35)21-33(45)42-17-15-25(16-18-42)27-8-6-7-24(19-27)22-43(36(46)47)37(2,3)4/h6-14,19-20,25,31H,15-18,21-22H2,1-5H3,(H,46,47)/t31-/m0/s1. The van der Waals surface area contributed by atoms with E-state index in [0.717, 1.165) is 40.9 Å². The maximum absolute atomic E-state index is 13.9. The molecule has 0 aliphatic carbocycles. The lowest BCUT2D eigenvalue weighted by atomic mass is 9.88. The van der Waals surface area contributed by atoms with E-state index >= 15 is 0 Å². The van der Waals surface area contributed by atoms with Crippen LogP contribution in [0.25, 0.3) is 5.69 Å². The summed E-state index contributed by atoms with van der Waals surface area (Å²) in [4.78, 5) is 34.4. The fraction of sp³-hybridized carbons (Fsp3) is 0.378. The normalized spacial score (nSPS) is 16.4. The molecule has 0 spiro atoms. The van der Waals surface area contributed by atoms with Crippen molar-refractivity contribution >= 4 is 29.3 Å². The fourth-order valence-electron chi connectivity index (χ4n) is 6.65. The Morgan fingerprint density at radius 3 is 2.42 bits per heavy atom. The maximum atomic E-state index is 13.9. The second-order valence-electron chi connectivity index (χ2n) is 13.5. The van der Waals surface area contributed by atoms with Crippen molar-refractivity contribution in [3.8, 4) is 11.4 Å². The Hall–Kier alpha value is -4.70. The molecule has 1 N–H and O–H groups in total. The van der Waals surface area contributed by atoms with Gasteiger partial charge >= 0.3 is 6.09 Å². The highest BCUT2D eigenvalue weighted by Crippen LogP contribution is 2.36. The quantitative estimate of drug-likeness (QED) is 0.223. The number of aliphatic imine (C=N–C) groups is 1. The summed E-state index contributed by atoms with van der Waals surface area (Å²) in [7, 11) is 1.63. The van der Waals surface area contributed by atoms with Gasteiger partial charge in [-0.2, -0.15) is 0 Å². The van der Waals surface area contributed by atoms with Gasteiger partial charge < -0.3 is 14.7 Å². The molecule has 1 aromatic heterocycles. The van der Waals surface area contributed by atoms with E-state index in [-0.39, 0.29) is 18.2 Å². The second-order valence-corrected chi connectivity index (χ2v) is 13.9.